The van der Waals surface area contributed by atoms with Crippen LogP contribution in [-0.4, -0.2) is 22.6 Å². The number of carboxylic acid groups (broad SMARTS) is 1. The summed E-state index contributed by atoms with van der Waals surface area (Å²) >= 11 is 1.53. The van der Waals surface area contributed by atoms with Gasteiger partial charge in [-0.2, -0.15) is 0 Å². The molecule has 2 rings (SSSR count). The Hall–Kier alpha value is -1.72. The molecule has 0 aliphatic rings. The van der Waals surface area contributed by atoms with Gasteiger partial charge in [-0.1, -0.05) is 30.3 Å². The third-order valence-electron chi connectivity index (χ3n) is 2.17. The normalized spacial score (nSPS) is 10.4. The zero-order chi connectivity index (χ0) is 12.1. The number of thiazole rings is 1. The number of carbonyl (C=O) groups is 1. The molecule has 17 heavy (non-hydrogen) atoms. The van der Waals surface area contributed by atoms with E-state index in [0.717, 1.165) is 16.3 Å². The molecule has 1 aromatic heterocycles. The second-order valence-corrected chi connectivity index (χ2v) is 4.43. The van der Waals surface area contributed by atoms with Crippen LogP contribution in [0.3, 0.4) is 0 Å². The van der Waals surface area contributed by atoms with Gasteiger partial charge in [0.05, 0.1) is 12.2 Å². The van der Waals surface area contributed by atoms with Gasteiger partial charge in [-0.15, -0.1) is 11.3 Å². The van der Waals surface area contributed by atoms with E-state index >= 15 is 0 Å². The van der Waals surface area contributed by atoms with Crippen LogP contribution in [0.2, 0.25) is 0 Å². The quantitative estimate of drug-likeness (QED) is 0.849. The van der Waals surface area contributed by atoms with Crippen molar-refractivity contribution in [1.29, 1.82) is 0 Å². The van der Waals surface area contributed by atoms with E-state index in [1.807, 2.05) is 35.7 Å². The summed E-state index contributed by atoms with van der Waals surface area (Å²) in [5.41, 5.74) is 2.01. The first-order valence-electron chi connectivity index (χ1n) is 5.18. The first-order valence-corrected chi connectivity index (χ1v) is 6.06. The van der Waals surface area contributed by atoms with E-state index in [4.69, 9.17) is 5.11 Å². The van der Waals surface area contributed by atoms with Crippen LogP contribution in [0.1, 0.15) is 5.01 Å². The first-order chi connectivity index (χ1) is 8.25. The molecule has 4 nitrogen and oxygen atoms in total. The van der Waals surface area contributed by atoms with E-state index in [-0.39, 0.29) is 6.54 Å². The average molecular weight is 248 g/mol. The Bertz CT molecular complexity index is 496. The number of aliphatic carboxylic acids is 1. The van der Waals surface area contributed by atoms with Gasteiger partial charge in [0.15, 0.2) is 0 Å². The van der Waals surface area contributed by atoms with Crippen molar-refractivity contribution < 1.29 is 9.90 Å². The minimum atomic E-state index is -0.857. The molecule has 0 atom stereocenters. The third kappa shape index (κ3) is 3.37. The minimum Gasteiger partial charge on any atom is -0.480 e. The number of benzene rings is 1. The van der Waals surface area contributed by atoms with Gasteiger partial charge >= 0.3 is 5.97 Å². The maximum Gasteiger partial charge on any atom is 0.317 e. The van der Waals surface area contributed by atoms with E-state index in [9.17, 15) is 4.79 Å². The summed E-state index contributed by atoms with van der Waals surface area (Å²) in [6, 6.07) is 9.91. The Morgan fingerprint density at radius 1 is 1.35 bits per heavy atom. The predicted molar refractivity (Wildman–Crippen MR) is 66.9 cm³/mol. The molecule has 0 saturated heterocycles. The van der Waals surface area contributed by atoms with Gasteiger partial charge in [-0.05, 0) is 0 Å². The topological polar surface area (TPSA) is 62.2 Å². The summed E-state index contributed by atoms with van der Waals surface area (Å²) in [7, 11) is 0. The number of rotatable bonds is 5. The highest BCUT2D eigenvalue weighted by Crippen LogP contribution is 2.21. The average Bonchev–Trinajstić information content (AvgIpc) is 2.78. The van der Waals surface area contributed by atoms with Gasteiger partial charge in [0.1, 0.15) is 5.01 Å². The van der Waals surface area contributed by atoms with Crippen molar-refractivity contribution in [3.05, 3.63) is 40.7 Å². The summed E-state index contributed by atoms with van der Waals surface area (Å²) < 4.78 is 0. The van der Waals surface area contributed by atoms with Crippen LogP contribution in [0.15, 0.2) is 35.7 Å². The molecule has 5 heteroatoms. The van der Waals surface area contributed by atoms with Crippen molar-refractivity contribution in [3.63, 3.8) is 0 Å². The molecule has 2 aromatic rings. The molecule has 0 bridgehead atoms. The van der Waals surface area contributed by atoms with Crippen molar-refractivity contribution in [1.82, 2.24) is 10.3 Å². The van der Waals surface area contributed by atoms with Gasteiger partial charge in [0.2, 0.25) is 0 Å². The van der Waals surface area contributed by atoms with E-state index in [1.54, 1.807) is 0 Å². The summed E-state index contributed by atoms with van der Waals surface area (Å²) in [5.74, 6) is -0.857. The van der Waals surface area contributed by atoms with E-state index in [2.05, 4.69) is 10.3 Å². The van der Waals surface area contributed by atoms with Crippen LogP contribution in [0.4, 0.5) is 0 Å². The zero-order valence-corrected chi connectivity index (χ0v) is 9.91. The summed E-state index contributed by atoms with van der Waals surface area (Å²) in [6.45, 7) is 0.448. The summed E-state index contributed by atoms with van der Waals surface area (Å²) in [6.07, 6.45) is 0. The lowest BCUT2D eigenvalue weighted by molar-refractivity contribution is -0.135. The van der Waals surface area contributed by atoms with Crippen LogP contribution < -0.4 is 5.32 Å². The molecule has 1 aromatic carbocycles. The standard InChI is InChI=1S/C12H12N2O2S/c15-12(16)7-13-6-11-14-10(8-17-11)9-4-2-1-3-5-9/h1-5,8,13H,6-7H2,(H,15,16). The Morgan fingerprint density at radius 2 is 2.12 bits per heavy atom. The molecule has 0 aliphatic heterocycles. The van der Waals surface area contributed by atoms with Crippen LogP contribution in [0, 0.1) is 0 Å². The third-order valence-corrected chi connectivity index (χ3v) is 3.02. The second-order valence-electron chi connectivity index (χ2n) is 3.49. The molecule has 0 unspecified atom stereocenters. The van der Waals surface area contributed by atoms with Crippen molar-refractivity contribution >= 4 is 17.3 Å². The lowest BCUT2D eigenvalue weighted by Crippen LogP contribution is -2.21. The van der Waals surface area contributed by atoms with Gasteiger partial charge in [0, 0.05) is 17.5 Å². The lowest BCUT2D eigenvalue weighted by atomic mass is 10.2. The van der Waals surface area contributed by atoms with E-state index in [1.165, 1.54) is 11.3 Å². The van der Waals surface area contributed by atoms with Crippen LogP contribution in [0.25, 0.3) is 11.3 Å². The monoisotopic (exact) mass is 248 g/mol. The number of carboxylic acids is 1. The van der Waals surface area contributed by atoms with Gasteiger partial charge < -0.3 is 10.4 Å². The maximum atomic E-state index is 10.3. The van der Waals surface area contributed by atoms with Crippen molar-refractivity contribution in [2.75, 3.05) is 6.54 Å². The number of nitrogens with one attached hydrogen (secondary N) is 1. The fourth-order valence-corrected chi connectivity index (χ4v) is 2.18. The Kier molecular flexibility index (Phi) is 3.85. The second kappa shape index (κ2) is 5.56. The molecular formula is C12H12N2O2S. The Labute approximate surface area is 103 Å². The van der Waals surface area contributed by atoms with Gasteiger partial charge in [0.25, 0.3) is 0 Å². The van der Waals surface area contributed by atoms with Crippen LogP contribution in [0.5, 0.6) is 0 Å². The molecule has 0 aliphatic carbocycles. The molecular weight excluding hydrogens is 236 g/mol. The highest BCUT2D eigenvalue weighted by atomic mass is 32.1. The SMILES string of the molecule is O=C(O)CNCc1nc(-c2ccccc2)cs1. The summed E-state index contributed by atoms with van der Waals surface area (Å²) in [4.78, 5) is 14.8. The predicted octanol–water partition coefficient (Wildman–Crippen LogP) is 1.98. The van der Waals surface area contributed by atoms with Crippen molar-refractivity contribution in [2.24, 2.45) is 0 Å². The number of aromatic nitrogens is 1. The molecule has 2 N–H and O–H groups in total. The molecule has 88 valence electrons. The molecule has 0 amide bonds. The maximum absolute atomic E-state index is 10.3. The Morgan fingerprint density at radius 3 is 2.82 bits per heavy atom. The zero-order valence-electron chi connectivity index (χ0n) is 9.09. The first kappa shape index (κ1) is 11.8. The Balaban J connectivity index is 1.99. The molecule has 0 radical (unpaired) electrons. The van der Waals surface area contributed by atoms with Crippen molar-refractivity contribution in [3.8, 4) is 11.3 Å². The molecule has 1 heterocycles. The van der Waals surface area contributed by atoms with Crippen LogP contribution >= 0.6 is 11.3 Å². The number of nitrogens with zero attached hydrogens (tertiary/aromatic N) is 1. The molecule has 0 saturated carbocycles. The van der Waals surface area contributed by atoms with E-state index < -0.39 is 5.97 Å². The number of hydrogen-bond acceptors (Lipinski definition) is 4. The fraction of sp³-hybridized carbons (Fsp3) is 0.167. The van der Waals surface area contributed by atoms with Gasteiger partial charge in [-0.3, -0.25) is 4.79 Å². The smallest absolute Gasteiger partial charge is 0.317 e. The number of hydrogen-bond donors (Lipinski definition) is 2. The van der Waals surface area contributed by atoms with Crippen molar-refractivity contribution in [2.45, 2.75) is 6.54 Å². The lowest BCUT2D eigenvalue weighted by Gasteiger charge is -1.97. The van der Waals surface area contributed by atoms with E-state index in [0.29, 0.717) is 6.54 Å². The molecule has 0 spiro atoms. The summed E-state index contributed by atoms with van der Waals surface area (Å²) in [5, 5.41) is 14.2. The molecule has 0 fully saturated rings. The highest BCUT2D eigenvalue weighted by molar-refractivity contribution is 7.09. The van der Waals surface area contributed by atoms with Gasteiger partial charge in [-0.25, -0.2) is 4.98 Å². The largest absolute Gasteiger partial charge is 0.480 e. The van der Waals surface area contributed by atoms with Crippen LogP contribution in [-0.2, 0) is 11.3 Å². The minimum absolute atomic E-state index is 0.0414. The highest BCUT2D eigenvalue weighted by Gasteiger charge is 2.04. The fourth-order valence-electron chi connectivity index (χ4n) is 1.41.